The van der Waals surface area contributed by atoms with Crippen molar-refractivity contribution >= 4 is 11.8 Å². The molecule has 0 amide bonds. The number of hydrogen-bond acceptors (Lipinski definition) is 5. The minimum absolute atomic E-state index is 0.0605. The lowest BCUT2D eigenvalue weighted by Crippen LogP contribution is -2.11. The maximum absolute atomic E-state index is 9.74. The van der Waals surface area contributed by atoms with Gasteiger partial charge in [-0.1, -0.05) is 19.0 Å². The normalized spacial score (nSPS) is 25.5. The van der Waals surface area contributed by atoms with Gasteiger partial charge in [-0.15, -0.1) is 0 Å². The molecule has 2 atom stereocenters. The molecule has 16 heavy (non-hydrogen) atoms. The van der Waals surface area contributed by atoms with Gasteiger partial charge in [-0.05, 0) is 24.5 Å². The van der Waals surface area contributed by atoms with Gasteiger partial charge < -0.3 is 9.63 Å². The predicted octanol–water partition coefficient (Wildman–Crippen LogP) is 2.34. The first-order chi connectivity index (χ1) is 7.66. The molecule has 1 fully saturated rings. The summed E-state index contributed by atoms with van der Waals surface area (Å²) in [6.45, 7) is 4.29. The average Bonchev–Trinajstić information content (AvgIpc) is 2.83. The molecule has 1 aromatic heterocycles. The molecule has 2 unspecified atom stereocenters. The third-order valence-electron chi connectivity index (χ3n) is 2.83. The molecule has 0 radical (unpaired) electrons. The van der Waals surface area contributed by atoms with E-state index in [1.54, 1.807) is 11.8 Å². The summed E-state index contributed by atoms with van der Waals surface area (Å²) < 4.78 is 5.22. The summed E-state index contributed by atoms with van der Waals surface area (Å²) in [5.74, 6) is 2.20. The maximum atomic E-state index is 9.74. The second-order valence-corrected chi connectivity index (χ2v) is 6.08. The first kappa shape index (κ1) is 11.9. The van der Waals surface area contributed by atoms with Crippen LogP contribution in [0.15, 0.2) is 4.52 Å². The monoisotopic (exact) mass is 242 g/mol. The zero-order valence-corrected chi connectivity index (χ0v) is 10.5. The molecule has 4 nitrogen and oxygen atoms in total. The fourth-order valence-corrected chi connectivity index (χ4v) is 2.55. The van der Waals surface area contributed by atoms with Crippen molar-refractivity contribution in [3.05, 3.63) is 11.7 Å². The minimum atomic E-state index is -0.300. The van der Waals surface area contributed by atoms with Gasteiger partial charge in [0.15, 0.2) is 5.82 Å². The Morgan fingerprint density at radius 2 is 2.31 bits per heavy atom. The Morgan fingerprint density at radius 3 is 2.94 bits per heavy atom. The van der Waals surface area contributed by atoms with Crippen molar-refractivity contribution < 1.29 is 9.63 Å². The lowest BCUT2D eigenvalue weighted by Gasteiger charge is -2.07. The summed E-state index contributed by atoms with van der Waals surface area (Å²) in [5.41, 5.74) is 0. The number of hydrogen-bond donors (Lipinski definition) is 1. The number of aromatic nitrogens is 2. The topological polar surface area (TPSA) is 59.2 Å². The molecule has 1 heterocycles. The van der Waals surface area contributed by atoms with Crippen LogP contribution in [-0.2, 0) is 5.75 Å². The van der Waals surface area contributed by atoms with E-state index in [0.717, 1.165) is 30.8 Å². The lowest BCUT2D eigenvalue weighted by atomic mass is 10.1. The van der Waals surface area contributed by atoms with Crippen molar-refractivity contribution in [2.24, 2.45) is 0 Å². The zero-order chi connectivity index (χ0) is 11.5. The molecule has 0 spiro atoms. The molecular formula is C11H18N2O2S. The third kappa shape index (κ3) is 2.77. The van der Waals surface area contributed by atoms with E-state index in [2.05, 4.69) is 24.0 Å². The maximum Gasteiger partial charge on any atom is 0.232 e. The van der Waals surface area contributed by atoms with Crippen molar-refractivity contribution in [2.75, 3.05) is 0 Å². The van der Waals surface area contributed by atoms with E-state index in [0.29, 0.717) is 11.1 Å². The van der Waals surface area contributed by atoms with Crippen LogP contribution >= 0.6 is 11.8 Å². The van der Waals surface area contributed by atoms with Crippen molar-refractivity contribution in [3.8, 4) is 0 Å². The van der Waals surface area contributed by atoms with E-state index in [4.69, 9.17) is 4.52 Å². The van der Waals surface area contributed by atoms with Crippen molar-refractivity contribution in [1.82, 2.24) is 10.1 Å². The summed E-state index contributed by atoms with van der Waals surface area (Å²) in [7, 11) is 0. The van der Waals surface area contributed by atoms with Gasteiger partial charge in [0.1, 0.15) is 0 Å². The average molecular weight is 242 g/mol. The fraction of sp³-hybridized carbons (Fsp3) is 0.818. The van der Waals surface area contributed by atoms with E-state index in [1.807, 2.05) is 0 Å². The SMILES string of the molecule is CC(C)SCc1noc(C2CCCC2O)n1. The van der Waals surface area contributed by atoms with Crippen LogP contribution in [0.1, 0.15) is 50.7 Å². The van der Waals surface area contributed by atoms with Gasteiger partial charge in [-0.3, -0.25) is 0 Å². The Kier molecular flexibility index (Phi) is 3.86. The highest BCUT2D eigenvalue weighted by Crippen LogP contribution is 2.33. The molecule has 1 aliphatic rings. The summed E-state index contributed by atoms with van der Waals surface area (Å²) in [5, 5.41) is 14.3. The first-order valence-corrected chi connectivity index (χ1v) is 6.84. The Labute approximate surface area is 99.8 Å². The second kappa shape index (κ2) is 5.19. The molecule has 1 aromatic rings. The number of aliphatic hydroxyl groups excluding tert-OH is 1. The van der Waals surface area contributed by atoms with Gasteiger partial charge in [0.25, 0.3) is 0 Å². The van der Waals surface area contributed by atoms with E-state index < -0.39 is 0 Å². The molecule has 90 valence electrons. The van der Waals surface area contributed by atoms with Crippen LogP contribution in [0, 0.1) is 0 Å². The number of nitrogens with zero attached hydrogens (tertiary/aromatic N) is 2. The molecule has 0 aliphatic heterocycles. The van der Waals surface area contributed by atoms with Crippen LogP contribution in [0.2, 0.25) is 0 Å². The smallest absolute Gasteiger partial charge is 0.232 e. The van der Waals surface area contributed by atoms with E-state index >= 15 is 0 Å². The molecule has 1 saturated carbocycles. The summed E-state index contributed by atoms with van der Waals surface area (Å²) in [6.07, 6.45) is 2.55. The van der Waals surface area contributed by atoms with Gasteiger partial charge in [0.05, 0.1) is 17.8 Å². The quantitative estimate of drug-likeness (QED) is 0.878. The van der Waals surface area contributed by atoms with Gasteiger partial charge in [0.2, 0.25) is 5.89 Å². The summed E-state index contributed by atoms with van der Waals surface area (Å²) >= 11 is 1.79. The highest BCUT2D eigenvalue weighted by molar-refractivity contribution is 7.99. The Hall–Kier alpha value is -0.550. The highest BCUT2D eigenvalue weighted by atomic mass is 32.2. The molecule has 0 saturated heterocycles. The van der Waals surface area contributed by atoms with Gasteiger partial charge in [-0.25, -0.2) is 0 Å². The van der Waals surface area contributed by atoms with Crippen LogP contribution in [0.3, 0.4) is 0 Å². The van der Waals surface area contributed by atoms with Crippen LogP contribution in [0.5, 0.6) is 0 Å². The number of aliphatic hydroxyl groups is 1. The van der Waals surface area contributed by atoms with Crippen LogP contribution in [0.4, 0.5) is 0 Å². The van der Waals surface area contributed by atoms with E-state index in [9.17, 15) is 5.11 Å². The van der Waals surface area contributed by atoms with Crippen LogP contribution < -0.4 is 0 Å². The Bertz CT molecular complexity index is 340. The molecule has 1 aliphatic carbocycles. The molecule has 1 N–H and O–H groups in total. The molecular weight excluding hydrogens is 224 g/mol. The zero-order valence-electron chi connectivity index (χ0n) is 9.72. The van der Waals surface area contributed by atoms with Gasteiger partial charge >= 0.3 is 0 Å². The second-order valence-electron chi connectivity index (χ2n) is 4.51. The summed E-state index contributed by atoms with van der Waals surface area (Å²) in [6, 6.07) is 0. The highest BCUT2D eigenvalue weighted by Gasteiger charge is 2.31. The van der Waals surface area contributed by atoms with Crippen molar-refractivity contribution in [3.63, 3.8) is 0 Å². The fourth-order valence-electron chi connectivity index (χ4n) is 1.95. The Balaban J connectivity index is 1.96. The number of rotatable bonds is 4. The largest absolute Gasteiger partial charge is 0.392 e. The van der Waals surface area contributed by atoms with E-state index in [1.165, 1.54) is 0 Å². The molecule has 2 rings (SSSR count). The number of thioether (sulfide) groups is 1. The van der Waals surface area contributed by atoms with Crippen LogP contribution in [-0.4, -0.2) is 26.6 Å². The predicted molar refractivity (Wildman–Crippen MR) is 63.3 cm³/mol. The van der Waals surface area contributed by atoms with Crippen molar-refractivity contribution in [2.45, 2.75) is 56.1 Å². The van der Waals surface area contributed by atoms with Gasteiger partial charge in [0, 0.05) is 0 Å². The lowest BCUT2D eigenvalue weighted by molar-refractivity contribution is 0.148. The summed E-state index contributed by atoms with van der Waals surface area (Å²) in [4.78, 5) is 4.36. The van der Waals surface area contributed by atoms with Crippen LogP contribution in [0.25, 0.3) is 0 Å². The van der Waals surface area contributed by atoms with Crippen molar-refractivity contribution in [1.29, 1.82) is 0 Å². The first-order valence-electron chi connectivity index (χ1n) is 5.79. The third-order valence-corrected chi connectivity index (χ3v) is 3.92. The molecule has 0 bridgehead atoms. The minimum Gasteiger partial charge on any atom is -0.392 e. The van der Waals surface area contributed by atoms with Gasteiger partial charge in [-0.2, -0.15) is 16.7 Å². The molecule has 5 heteroatoms. The standard InChI is InChI=1S/C11H18N2O2S/c1-7(2)16-6-10-12-11(15-13-10)8-4-3-5-9(8)14/h7-9,14H,3-6H2,1-2H3. The molecule has 0 aromatic carbocycles. The Morgan fingerprint density at radius 1 is 1.50 bits per heavy atom. The van der Waals surface area contributed by atoms with E-state index in [-0.39, 0.29) is 12.0 Å².